The highest BCUT2D eigenvalue weighted by atomic mass is 32.2. The number of nitriles is 1. The van der Waals surface area contributed by atoms with Gasteiger partial charge in [-0.1, -0.05) is 19.1 Å². The monoisotopic (exact) mass is 292 g/mol. The van der Waals surface area contributed by atoms with E-state index in [-0.39, 0.29) is 18.7 Å². The van der Waals surface area contributed by atoms with E-state index in [0.717, 1.165) is 0 Å². The first-order valence-corrected chi connectivity index (χ1v) is 8.06. The molecule has 0 aliphatic carbocycles. The Balaban J connectivity index is 2.56. The van der Waals surface area contributed by atoms with E-state index >= 15 is 0 Å². The number of carbonyl (C=O) groups excluding carboxylic acids is 1. The molecule has 0 saturated heterocycles. The molecule has 2 rings (SSSR count). The van der Waals surface area contributed by atoms with Gasteiger partial charge in [-0.2, -0.15) is 5.26 Å². The standard InChI is InChI=1S/C14H16N2O3S/c1-2-11(10-15)20(18,19)16-9-5-8-14(17)12-6-3-4-7-13(12)16/h3-4,6-7,11H,2,5,8-9H2,1H3. The number of sulfonamides is 1. The van der Waals surface area contributed by atoms with Crippen molar-refractivity contribution in [3.05, 3.63) is 29.8 Å². The third-order valence-corrected chi connectivity index (χ3v) is 5.57. The van der Waals surface area contributed by atoms with Crippen LogP contribution in [-0.4, -0.2) is 26.0 Å². The number of nitrogens with zero attached hydrogens (tertiary/aromatic N) is 2. The summed E-state index contributed by atoms with van der Waals surface area (Å²) in [5, 5.41) is 7.96. The van der Waals surface area contributed by atoms with Gasteiger partial charge in [-0.05, 0) is 25.0 Å². The Bertz CT molecular complexity index is 661. The average molecular weight is 292 g/mol. The van der Waals surface area contributed by atoms with Gasteiger partial charge in [-0.3, -0.25) is 9.10 Å². The molecule has 1 aromatic rings. The first-order valence-electron chi connectivity index (χ1n) is 6.55. The normalized spacial score (nSPS) is 17.0. The van der Waals surface area contributed by atoms with Crippen molar-refractivity contribution in [2.75, 3.05) is 10.8 Å². The van der Waals surface area contributed by atoms with Crippen LogP contribution in [0.1, 0.15) is 36.5 Å². The van der Waals surface area contributed by atoms with Gasteiger partial charge in [0, 0.05) is 18.5 Å². The fourth-order valence-corrected chi connectivity index (χ4v) is 4.03. The predicted molar refractivity (Wildman–Crippen MR) is 76.0 cm³/mol. The molecule has 1 unspecified atom stereocenters. The summed E-state index contributed by atoms with van der Waals surface area (Å²) in [4.78, 5) is 12.0. The Kier molecular flexibility index (Phi) is 4.09. The smallest absolute Gasteiger partial charge is 0.251 e. The van der Waals surface area contributed by atoms with Gasteiger partial charge >= 0.3 is 0 Å². The van der Waals surface area contributed by atoms with Crippen molar-refractivity contribution in [2.45, 2.75) is 31.4 Å². The maximum Gasteiger partial charge on any atom is 0.251 e. The van der Waals surface area contributed by atoms with E-state index in [9.17, 15) is 13.2 Å². The van der Waals surface area contributed by atoms with Gasteiger partial charge in [0.05, 0.1) is 11.8 Å². The van der Waals surface area contributed by atoms with Gasteiger partial charge in [-0.25, -0.2) is 8.42 Å². The number of fused-ring (bicyclic) bond motifs is 1. The van der Waals surface area contributed by atoms with Crippen molar-refractivity contribution in [3.8, 4) is 6.07 Å². The lowest BCUT2D eigenvalue weighted by molar-refractivity contribution is 0.0984. The second-order valence-corrected chi connectivity index (χ2v) is 6.73. The maximum absolute atomic E-state index is 12.6. The number of para-hydroxylation sites is 1. The van der Waals surface area contributed by atoms with E-state index < -0.39 is 15.3 Å². The summed E-state index contributed by atoms with van der Waals surface area (Å²) in [6.45, 7) is 1.91. The molecule has 0 amide bonds. The molecule has 1 aliphatic heterocycles. The summed E-state index contributed by atoms with van der Waals surface area (Å²) in [6.07, 6.45) is 1.02. The Hall–Kier alpha value is -1.87. The Morgan fingerprint density at radius 2 is 2.10 bits per heavy atom. The molecule has 0 aromatic heterocycles. The lowest BCUT2D eigenvalue weighted by atomic mass is 10.1. The highest BCUT2D eigenvalue weighted by Gasteiger charge is 2.34. The van der Waals surface area contributed by atoms with Gasteiger partial charge < -0.3 is 0 Å². The second kappa shape index (κ2) is 5.63. The topological polar surface area (TPSA) is 78.2 Å². The number of hydrogen-bond acceptors (Lipinski definition) is 4. The zero-order valence-electron chi connectivity index (χ0n) is 11.2. The third kappa shape index (κ3) is 2.41. The number of ketones is 1. The molecule has 106 valence electrons. The number of anilines is 1. The molecule has 20 heavy (non-hydrogen) atoms. The van der Waals surface area contributed by atoms with Crippen LogP contribution in [0.15, 0.2) is 24.3 Å². The van der Waals surface area contributed by atoms with E-state index in [1.54, 1.807) is 31.2 Å². The highest BCUT2D eigenvalue weighted by molar-refractivity contribution is 7.93. The summed E-state index contributed by atoms with van der Waals surface area (Å²) in [6, 6.07) is 8.52. The summed E-state index contributed by atoms with van der Waals surface area (Å²) in [5.41, 5.74) is 0.810. The third-order valence-electron chi connectivity index (χ3n) is 3.42. The van der Waals surface area contributed by atoms with E-state index in [0.29, 0.717) is 24.1 Å². The molecule has 0 radical (unpaired) electrons. The lowest BCUT2D eigenvalue weighted by Gasteiger charge is -2.26. The molecule has 1 heterocycles. The zero-order valence-corrected chi connectivity index (χ0v) is 12.1. The number of carbonyl (C=O) groups is 1. The summed E-state index contributed by atoms with van der Waals surface area (Å²) >= 11 is 0. The van der Waals surface area contributed by atoms with Gasteiger partial charge in [0.25, 0.3) is 10.0 Å². The summed E-state index contributed by atoms with van der Waals surface area (Å²) in [7, 11) is -3.76. The van der Waals surface area contributed by atoms with Crippen molar-refractivity contribution in [1.82, 2.24) is 0 Å². The van der Waals surface area contributed by atoms with Crippen molar-refractivity contribution < 1.29 is 13.2 Å². The fourth-order valence-electron chi connectivity index (χ4n) is 2.35. The van der Waals surface area contributed by atoms with Gasteiger partial charge in [0.15, 0.2) is 11.0 Å². The first-order chi connectivity index (χ1) is 9.52. The fraction of sp³-hybridized carbons (Fsp3) is 0.429. The molecule has 1 aromatic carbocycles. The van der Waals surface area contributed by atoms with Crippen molar-refractivity contribution >= 4 is 21.5 Å². The molecule has 1 atom stereocenters. The summed E-state index contributed by atoms with van der Waals surface area (Å²) in [5.74, 6) is -0.0525. The van der Waals surface area contributed by atoms with Crippen molar-refractivity contribution in [2.24, 2.45) is 0 Å². The average Bonchev–Trinajstić information content (AvgIpc) is 2.60. The van der Waals surface area contributed by atoms with Gasteiger partial charge in [0.2, 0.25) is 0 Å². The van der Waals surface area contributed by atoms with Crippen LogP contribution in [0.2, 0.25) is 0 Å². The predicted octanol–water partition coefficient (Wildman–Crippen LogP) is 2.10. The Morgan fingerprint density at radius 3 is 2.75 bits per heavy atom. The minimum Gasteiger partial charge on any atom is -0.294 e. The van der Waals surface area contributed by atoms with Crippen LogP contribution in [0.4, 0.5) is 5.69 Å². The van der Waals surface area contributed by atoms with Crippen LogP contribution in [0.25, 0.3) is 0 Å². The zero-order chi connectivity index (χ0) is 14.8. The highest BCUT2D eigenvalue weighted by Crippen LogP contribution is 2.30. The van der Waals surface area contributed by atoms with E-state index in [1.165, 1.54) is 4.31 Å². The molecule has 0 fully saturated rings. The van der Waals surface area contributed by atoms with Gasteiger partial charge in [-0.15, -0.1) is 0 Å². The number of benzene rings is 1. The van der Waals surface area contributed by atoms with Crippen LogP contribution in [-0.2, 0) is 10.0 Å². The van der Waals surface area contributed by atoms with Crippen LogP contribution in [0, 0.1) is 11.3 Å². The molecule has 1 aliphatic rings. The Morgan fingerprint density at radius 1 is 1.40 bits per heavy atom. The molecule has 0 spiro atoms. The van der Waals surface area contributed by atoms with Crippen LogP contribution < -0.4 is 4.31 Å². The molecular weight excluding hydrogens is 276 g/mol. The number of rotatable bonds is 3. The summed E-state index contributed by atoms with van der Waals surface area (Å²) < 4.78 is 26.4. The minimum absolute atomic E-state index is 0.0525. The van der Waals surface area contributed by atoms with Gasteiger partial charge in [0.1, 0.15) is 0 Å². The number of hydrogen-bond donors (Lipinski definition) is 0. The molecule has 0 saturated carbocycles. The van der Waals surface area contributed by atoms with Crippen LogP contribution in [0.3, 0.4) is 0 Å². The SMILES string of the molecule is CCC(C#N)S(=O)(=O)N1CCCC(=O)c2ccccc21. The second-order valence-electron chi connectivity index (χ2n) is 4.69. The maximum atomic E-state index is 12.6. The quantitative estimate of drug-likeness (QED) is 0.854. The van der Waals surface area contributed by atoms with Crippen molar-refractivity contribution in [1.29, 1.82) is 5.26 Å². The molecular formula is C14H16N2O3S. The van der Waals surface area contributed by atoms with Crippen LogP contribution in [0.5, 0.6) is 0 Å². The Labute approximate surface area is 118 Å². The van der Waals surface area contributed by atoms with E-state index in [4.69, 9.17) is 5.26 Å². The van der Waals surface area contributed by atoms with E-state index in [2.05, 4.69) is 0 Å². The minimum atomic E-state index is -3.76. The molecule has 5 nitrogen and oxygen atoms in total. The van der Waals surface area contributed by atoms with Crippen molar-refractivity contribution in [3.63, 3.8) is 0 Å². The largest absolute Gasteiger partial charge is 0.294 e. The lowest BCUT2D eigenvalue weighted by Crippen LogP contribution is -2.38. The van der Waals surface area contributed by atoms with Crippen LogP contribution >= 0.6 is 0 Å². The first kappa shape index (κ1) is 14.5. The molecule has 0 bridgehead atoms. The number of Topliss-reactive ketones (excluding diaryl/α,β-unsaturated/α-hetero) is 1. The molecule has 0 N–H and O–H groups in total. The van der Waals surface area contributed by atoms with E-state index in [1.807, 2.05) is 6.07 Å². The molecule has 6 heteroatoms.